The molecule has 6 heteroatoms. The normalized spacial score (nSPS) is 20.6. The minimum absolute atomic E-state index is 0.0144. The Labute approximate surface area is 141 Å². The molecule has 0 spiro atoms. The zero-order valence-corrected chi connectivity index (χ0v) is 14.1. The third-order valence-electron chi connectivity index (χ3n) is 4.29. The number of hydrogen-bond acceptors (Lipinski definition) is 3. The van der Waals surface area contributed by atoms with E-state index in [4.69, 9.17) is 16.3 Å². The zero-order chi connectivity index (χ0) is 16.7. The number of amides is 2. The van der Waals surface area contributed by atoms with Crippen molar-refractivity contribution in [2.24, 2.45) is 0 Å². The van der Waals surface area contributed by atoms with Crippen LogP contribution in [0.3, 0.4) is 0 Å². The van der Waals surface area contributed by atoms with Crippen LogP contribution in [0.25, 0.3) is 0 Å². The molecule has 0 atom stereocenters. The van der Waals surface area contributed by atoms with Gasteiger partial charge in [-0.15, -0.1) is 11.6 Å². The van der Waals surface area contributed by atoms with Gasteiger partial charge in [-0.05, 0) is 31.2 Å². The lowest BCUT2D eigenvalue weighted by Gasteiger charge is -2.34. The Hall–Kier alpha value is -1.75. The van der Waals surface area contributed by atoms with Crippen molar-refractivity contribution in [3.63, 3.8) is 0 Å². The highest BCUT2D eigenvalue weighted by Gasteiger charge is 2.27. The lowest BCUT2D eigenvalue weighted by Crippen LogP contribution is -2.45. The summed E-state index contributed by atoms with van der Waals surface area (Å²) in [6.45, 7) is 0.273. The van der Waals surface area contributed by atoms with Crippen LogP contribution in [0.5, 0.6) is 0 Å². The van der Waals surface area contributed by atoms with Gasteiger partial charge in [0.05, 0.1) is 0 Å². The smallest absolute Gasteiger partial charge is 0.407 e. The van der Waals surface area contributed by atoms with Crippen molar-refractivity contribution in [1.82, 2.24) is 10.2 Å². The van der Waals surface area contributed by atoms with Gasteiger partial charge < -0.3 is 15.0 Å². The third-order valence-corrected chi connectivity index (χ3v) is 4.52. The number of ether oxygens (including phenoxy) is 1. The van der Waals surface area contributed by atoms with Gasteiger partial charge in [0.2, 0.25) is 5.91 Å². The summed E-state index contributed by atoms with van der Waals surface area (Å²) in [6.07, 6.45) is 3.02. The average Bonchev–Trinajstić information content (AvgIpc) is 2.60. The van der Waals surface area contributed by atoms with Crippen LogP contribution in [-0.4, -0.2) is 41.9 Å². The lowest BCUT2D eigenvalue weighted by molar-refractivity contribution is -0.129. The molecule has 1 N–H and O–H groups in total. The van der Waals surface area contributed by atoms with Crippen LogP contribution in [0.15, 0.2) is 30.3 Å². The standard InChI is InChI=1S/C17H23ClN2O3/c1-20(16(21)11-18)15-9-7-14(8-10-15)19-17(22)23-12-13-5-3-2-4-6-13/h2-6,14-15H,7-12H2,1H3,(H,19,22). The maximum Gasteiger partial charge on any atom is 0.407 e. The van der Waals surface area contributed by atoms with E-state index in [0.29, 0.717) is 0 Å². The molecule has 0 saturated heterocycles. The summed E-state index contributed by atoms with van der Waals surface area (Å²) in [5.74, 6) is -0.0362. The number of nitrogens with one attached hydrogen (secondary N) is 1. The number of carbonyl (C=O) groups is 2. The molecule has 0 aliphatic heterocycles. The molecule has 2 amide bonds. The molecule has 1 fully saturated rings. The number of hydrogen-bond donors (Lipinski definition) is 1. The van der Waals surface area contributed by atoms with Crippen molar-refractivity contribution in [2.45, 2.75) is 44.4 Å². The van der Waals surface area contributed by atoms with Gasteiger partial charge in [-0.25, -0.2) is 4.79 Å². The SMILES string of the molecule is CN(C(=O)CCl)C1CCC(NC(=O)OCc2ccccc2)CC1. The first-order valence-electron chi connectivity index (χ1n) is 7.89. The van der Waals surface area contributed by atoms with Crippen molar-refractivity contribution in [3.8, 4) is 0 Å². The molecule has 2 rings (SSSR count). The van der Waals surface area contributed by atoms with E-state index in [0.717, 1.165) is 31.2 Å². The van der Waals surface area contributed by atoms with E-state index in [1.807, 2.05) is 30.3 Å². The summed E-state index contributed by atoms with van der Waals surface area (Å²) in [5.41, 5.74) is 0.965. The summed E-state index contributed by atoms with van der Waals surface area (Å²) in [7, 11) is 1.79. The van der Waals surface area contributed by atoms with E-state index in [9.17, 15) is 9.59 Å². The highest BCUT2D eigenvalue weighted by Crippen LogP contribution is 2.22. The van der Waals surface area contributed by atoms with Crippen LogP contribution in [0.4, 0.5) is 4.79 Å². The fourth-order valence-electron chi connectivity index (χ4n) is 2.84. The van der Waals surface area contributed by atoms with Gasteiger partial charge in [-0.3, -0.25) is 4.79 Å². The predicted molar refractivity (Wildman–Crippen MR) is 89.3 cm³/mol. The van der Waals surface area contributed by atoms with E-state index in [2.05, 4.69) is 5.32 Å². The topological polar surface area (TPSA) is 58.6 Å². The molecular weight excluding hydrogens is 316 g/mol. The van der Waals surface area contributed by atoms with Gasteiger partial charge in [0.1, 0.15) is 12.5 Å². The number of benzene rings is 1. The summed E-state index contributed by atoms with van der Waals surface area (Å²) in [5, 5.41) is 2.90. The molecule has 1 aliphatic carbocycles. The molecule has 1 aliphatic rings. The van der Waals surface area contributed by atoms with E-state index in [1.54, 1.807) is 11.9 Å². The van der Waals surface area contributed by atoms with Gasteiger partial charge in [-0.2, -0.15) is 0 Å². The average molecular weight is 339 g/mol. The maximum atomic E-state index is 11.8. The van der Waals surface area contributed by atoms with Crippen LogP contribution in [0.1, 0.15) is 31.2 Å². The van der Waals surface area contributed by atoms with Crippen LogP contribution in [0, 0.1) is 0 Å². The highest BCUT2D eigenvalue weighted by atomic mass is 35.5. The van der Waals surface area contributed by atoms with E-state index >= 15 is 0 Å². The van der Waals surface area contributed by atoms with Gasteiger partial charge in [0, 0.05) is 19.1 Å². The van der Waals surface area contributed by atoms with E-state index in [1.165, 1.54) is 0 Å². The van der Waals surface area contributed by atoms with E-state index < -0.39 is 0 Å². The molecule has 0 radical (unpaired) electrons. The highest BCUT2D eigenvalue weighted by molar-refractivity contribution is 6.27. The summed E-state index contributed by atoms with van der Waals surface area (Å²) >= 11 is 5.58. The largest absolute Gasteiger partial charge is 0.445 e. The summed E-state index contributed by atoms with van der Waals surface area (Å²) < 4.78 is 5.23. The number of alkyl carbamates (subject to hydrolysis) is 1. The minimum Gasteiger partial charge on any atom is -0.445 e. The fourth-order valence-corrected chi connectivity index (χ4v) is 3.03. The number of carbonyl (C=O) groups excluding carboxylic acids is 2. The first-order chi connectivity index (χ1) is 11.1. The fraction of sp³-hybridized carbons (Fsp3) is 0.529. The maximum absolute atomic E-state index is 11.8. The van der Waals surface area contributed by atoms with E-state index in [-0.39, 0.29) is 36.6 Å². The number of nitrogens with zero attached hydrogens (tertiary/aromatic N) is 1. The molecular formula is C17H23ClN2O3. The van der Waals surface area contributed by atoms with Crippen molar-refractivity contribution >= 4 is 23.6 Å². The first kappa shape index (κ1) is 17.6. The van der Waals surface area contributed by atoms with Gasteiger partial charge in [0.25, 0.3) is 0 Å². The minimum atomic E-state index is -0.387. The third kappa shape index (κ3) is 5.43. The number of alkyl halides is 1. The van der Waals surface area contributed by atoms with Crippen molar-refractivity contribution < 1.29 is 14.3 Å². The Kier molecular flexibility index (Phi) is 6.71. The molecule has 1 aromatic rings. The Morgan fingerprint density at radius 1 is 1.22 bits per heavy atom. The first-order valence-corrected chi connectivity index (χ1v) is 8.42. The second-order valence-corrected chi connectivity index (χ2v) is 6.12. The van der Waals surface area contributed by atoms with Crippen LogP contribution in [-0.2, 0) is 16.1 Å². The van der Waals surface area contributed by atoms with Gasteiger partial charge >= 0.3 is 6.09 Å². The summed E-state index contributed by atoms with van der Waals surface area (Å²) in [4.78, 5) is 25.2. The Bertz CT molecular complexity index is 516. The molecule has 0 heterocycles. The van der Waals surface area contributed by atoms with Gasteiger partial charge in [0.15, 0.2) is 0 Å². The van der Waals surface area contributed by atoms with Crippen molar-refractivity contribution in [2.75, 3.05) is 12.9 Å². The molecule has 0 aromatic heterocycles. The summed E-state index contributed by atoms with van der Waals surface area (Å²) in [6, 6.07) is 9.90. The predicted octanol–water partition coefficient (Wildman–Crippen LogP) is 2.92. The van der Waals surface area contributed by atoms with Crippen LogP contribution in [0.2, 0.25) is 0 Å². The monoisotopic (exact) mass is 338 g/mol. The quantitative estimate of drug-likeness (QED) is 0.840. The lowest BCUT2D eigenvalue weighted by atomic mass is 9.90. The molecule has 0 bridgehead atoms. The van der Waals surface area contributed by atoms with Crippen molar-refractivity contribution in [3.05, 3.63) is 35.9 Å². The zero-order valence-electron chi connectivity index (χ0n) is 13.3. The molecule has 23 heavy (non-hydrogen) atoms. The molecule has 126 valence electrons. The molecule has 0 unspecified atom stereocenters. The van der Waals surface area contributed by atoms with Gasteiger partial charge in [-0.1, -0.05) is 30.3 Å². The van der Waals surface area contributed by atoms with Crippen LogP contribution < -0.4 is 5.32 Å². The molecule has 5 nitrogen and oxygen atoms in total. The number of rotatable bonds is 5. The number of halogens is 1. The molecule has 1 saturated carbocycles. The second-order valence-electron chi connectivity index (χ2n) is 5.85. The van der Waals surface area contributed by atoms with Crippen molar-refractivity contribution in [1.29, 1.82) is 0 Å². The Balaban J connectivity index is 1.69. The Morgan fingerprint density at radius 3 is 2.48 bits per heavy atom. The Morgan fingerprint density at radius 2 is 1.87 bits per heavy atom. The second kappa shape index (κ2) is 8.77. The molecule has 1 aromatic carbocycles. The van der Waals surface area contributed by atoms with Crippen LogP contribution >= 0.6 is 11.6 Å².